The lowest BCUT2D eigenvalue weighted by Gasteiger charge is -2.27. The highest BCUT2D eigenvalue weighted by Crippen LogP contribution is 2.39. The van der Waals surface area contributed by atoms with Gasteiger partial charge in [-0.15, -0.1) is 0 Å². The first-order valence-electron chi connectivity index (χ1n) is 13.6. The Morgan fingerprint density at radius 2 is 1.93 bits per heavy atom. The summed E-state index contributed by atoms with van der Waals surface area (Å²) in [5.74, 6) is 1.03. The lowest BCUT2D eigenvalue weighted by molar-refractivity contribution is -0.384. The van der Waals surface area contributed by atoms with Crippen LogP contribution in [0.4, 0.5) is 5.69 Å². The normalized spacial score (nSPS) is 14.7. The molecule has 0 bridgehead atoms. The van der Waals surface area contributed by atoms with E-state index in [2.05, 4.69) is 0 Å². The van der Waals surface area contributed by atoms with Crippen molar-refractivity contribution in [1.29, 1.82) is 0 Å². The number of nitro groups is 1. The molecule has 0 amide bonds. The number of ether oxygens (including phenoxy) is 3. The molecule has 0 saturated heterocycles. The van der Waals surface area contributed by atoms with Crippen LogP contribution in [-0.4, -0.2) is 36.3 Å². The molecule has 0 aliphatic carbocycles. The third-order valence-corrected chi connectivity index (χ3v) is 7.87. The molecule has 2 aromatic heterocycles. The number of aromatic nitrogens is 1. The van der Waals surface area contributed by atoms with Gasteiger partial charge in [-0.2, -0.15) is 0 Å². The van der Waals surface area contributed by atoms with Crippen LogP contribution in [0.1, 0.15) is 44.1 Å². The number of para-hydroxylation sites is 1. The molecular formula is C31H29N3O8S. The molecule has 12 heteroatoms. The maximum Gasteiger partial charge on any atom is 0.338 e. The molecule has 1 atom stereocenters. The number of nitrogens with zero attached hydrogens (tertiary/aromatic N) is 3. The Morgan fingerprint density at radius 3 is 2.63 bits per heavy atom. The highest BCUT2D eigenvalue weighted by atomic mass is 32.1. The largest absolute Gasteiger partial charge is 0.497 e. The van der Waals surface area contributed by atoms with Crippen LogP contribution in [-0.2, 0) is 9.53 Å². The van der Waals surface area contributed by atoms with E-state index in [0.717, 1.165) is 11.3 Å². The van der Waals surface area contributed by atoms with Gasteiger partial charge < -0.3 is 18.6 Å². The summed E-state index contributed by atoms with van der Waals surface area (Å²) < 4.78 is 24.3. The van der Waals surface area contributed by atoms with Gasteiger partial charge in [-0.05, 0) is 49.7 Å². The van der Waals surface area contributed by atoms with E-state index in [1.807, 2.05) is 6.92 Å². The average Bonchev–Trinajstić information content (AvgIpc) is 3.60. The number of hydrogen-bond donors (Lipinski definition) is 0. The van der Waals surface area contributed by atoms with E-state index in [1.54, 1.807) is 61.5 Å². The van der Waals surface area contributed by atoms with Crippen molar-refractivity contribution >= 4 is 29.1 Å². The highest BCUT2D eigenvalue weighted by Gasteiger charge is 2.36. The molecule has 43 heavy (non-hydrogen) atoms. The van der Waals surface area contributed by atoms with E-state index in [0.29, 0.717) is 62.0 Å². The van der Waals surface area contributed by atoms with Crippen molar-refractivity contribution in [2.24, 2.45) is 4.99 Å². The third kappa shape index (κ3) is 5.61. The first kappa shape index (κ1) is 29.5. The van der Waals surface area contributed by atoms with Crippen molar-refractivity contribution in [3.8, 4) is 22.8 Å². The molecule has 4 aromatic rings. The number of nitro benzene ring substituents is 1. The molecular weight excluding hydrogens is 574 g/mol. The number of furan rings is 1. The zero-order valence-corrected chi connectivity index (χ0v) is 24.8. The number of rotatable bonds is 10. The summed E-state index contributed by atoms with van der Waals surface area (Å²) in [6.07, 6.45) is 2.76. The average molecular weight is 604 g/mol. The van der Waals surface area contributed by atoms with Crippen LogP contribution in [0.15, 0.2) is 80.1 Å². The first-order valence-corrected chi connectivity index (χ1v) is 14.4. The van der Waals surface area contributed by atoms with Gasteiger partial charge in [0.1, 0.15) is 29.1 Å². The van der Waals surface area contributed by atoms with Crippen LogP contribution in [0, 0.1) is 10.1 Å². The summed E-state index contributed by atoms with van der Waals surface area (Å²) in [6, 6.07) is 13.8. The predicted molar refractivity (Wildman–Crippen MR) is 160 cm³/mol. The smallest absolute Gasteiger partial charge is 0.338 e. The molecule has 0 saturated carbocycles. The summed E-state index contributed by atoms with van der Waals surface area (Å²) >= 11 is 1.15. The minimum absolute atomic E-state index is 0.0926. The second-order valence-electron chi connectivity index (χ2n) is 9.50. The maximum absolute atomic E-state index is 14.1. The van der Waals surface area contributed by atoms with E-state index in [-0.39, 0.29) is 17.9 Å². The number of carbonyl (C=O) groups excluding carboxylic acids is 1. The van der Waals surface area contributed by atoms with E-state index < -0.39 is 22.5 Å². The SMILES string of the molecule is CCCC1=C(C(=O)OCC)[C@H](c2cc(OC)ccc2OC)n2c(s/c(=C\c3ccc(-c4ccccc4[N+](=O)[O-])o3)c2=O)=N1. The molecule has 5 rings (SSSR count). The summed E-state index contributed by atoms with van der Waals surface area (Å²) in [5.41, 5.74) is 1.15. The van der Waals surface area contributed by atoms with Crippen molar-refractivity contribution in [3.63, 3.8) is 0 Å². The van der Waals surface area contributed by atoms with Gasteiger partial charge in [-0.1, -0.05) is 36.8 Å². The predicted octanol–water partition coefficient (Wildman–Crippen LogP) is 4.76. The summed E-state index contributed by atoms with van der Waals surface area (Å²) in [6.45, 7) is 3.85. The first-order chi connectivity index (χ1) is 20.8. The van der Waals surface area contributed by atoms with E-state index in [4.69, 9.17) is 23.6 Å². The van der Waals surface area contributed by atoms with Crippen molar-refractivity contribution in [3.05, 3.63) is 107 Å². The summed E-state index contributed by atoms with van der Waals surface area (Å²) in [5, 5.41) is 11.5. The Balaban J connectivity index is 1.72. The number of fused-ring (bicyclic) bond motifs is 1. The Kier molecular flexibility index (Phi) is 8.58. The van der Waals surface area contributed by atoms with E-state index >= 15 is 0 Å². The van der Waals surface area contributed by atoms with Crippen LogP contribution >= 0.6 is 11.3 Å². The molecule has 222 valence electrons. The topological polar surface area (TPSA) is 135 Å². The number of thiazole rings is 1. The Hall–Kier alpha value is -4.97. The summed E-state index contributed by atoms with van der Waals surface area (Å²) in [7, 11) is 3.05. The number of carbonyl (C=O) groups is 1. The molecule has 0 radical (unpaired) electrons. The van der Waals surface area contributed by atoms with Gasteiger partial charge in [0.05, 0.1) is 47.1 Å². The molecule has 2 aromatic carbocycles. The molecule has 0 spiro atoms. The van der Waals surface area contributed by atoms with E-state index in [1.165, 1.54) is 24.9 Å². The number of hydrogen-bond acceptors (Lipinski definition) is 10. The number of methoxy groups -OCH3 is 2. The fourth-order valence-electron chi connectivity index (χ4n) is 5.01. The van der Waals surface area contributed by atoms with Crippen LogP contribution in [0.25, 0.3) is 17.4 Å². The van der Waals surface area contributed by atoms with Crippen molar-refractivity contribution in [1.82, 2.24) is 4.57 Å². The lowest BCUT2D eigenvalue weighted by Crippen LogP contribution is -2.40. The molecule has 0 unspecified atom stereocenters. The molecule has 1 aliphatic rings. The van der Waals surface area contributed by atoms with Crippen molar-refractivity contribution < 1.29 is 28.3 Å². The van der Waals surface area contributed by atoms with Gasteiger partial charge in [-0.25, -0.2) is 9.79 Å². The van der Waals surface area contributed by atoms with E-state index in [9.17, 15) is 19.7 Å². The van der Waals surface area contributed by atoms with Gasteiger partial charge >= 0.3 is 5.97 Å². The number of allylic oxidation sites excluding steroid dienone is 1. The Morgan fingerprint density at radius 1 is 1.14 bits per heavy atom. The molecule has 0 fully saturated rings. The Bertz CT molecular complexity index is 1920. The zero-order valence-electron chi connectivity index (χ0n) is 24.0. The van der Waals surface area contributed by atoms with Crippen LogP contribution in [0.2, 0.25) is 0 Å². The standard InChI is InChI=1S/C31H29N3O8S/c1-5-9-22-27(30(36)41-6-2)28(21-16-18(39-3)12-14-24(21)40-4)33-29(35)26(43-31(33)32-22)17-19-13-15-25(42-19)20-10-7-8-11-23(20)34(37)38/h7-8,10-17,28H,5-6,9H2,1-4H3/b26-17-/t28-/m0/s1. The van der Waals surface area contributed by atoms with Crippen molar-refractivity contribution in [2.45, 2.75) is 32.7 Å². The summed E-state index contributed by atoms with van der Waals surface area (Å²) in [4.78, 5) is 43.7. The second-order valence-corrected chi connectivity index (χ2v) is 10.5. The van der Waals surface area contributed by atoms with Crippen LogP contribution in [0.5, 0.6) is 11.5 Å². The minimum atomic E-state index is -0.900. The van der Waals surface area contributed by atoms with Gasteiger partial charge in [0.25, 0.3) is 11.2 Å². The minimum Gasteiger partial charge on any atom is -0.497 e. The van der Waals surface area contributed by atoms with Gasteiger partial charge in [-0.3, -0.25) is 19.5 Å². The van der Waals surface area contributed by atoms with Crippen LogP contribution in [0.3, 0.4) is 0 Å². The maximum atomic E-state index is 14.1. The molecule has 11 nitrogen and oxygen atoms in total. The monoisotopic (exact) mass is 603 g/mol. The fourth-order valence-corrected chi connectivity index (χ4v) is 6.01. The quantitative estimate of drug-likeness (QED) is 0.144. The highest BCUT2D eigenvalue weighted by molar-refractivity contribution is 7.07. The van der Waals surface area contributed by atoms with Crippen LogP contribution < -0.4 is 24.4 Å². The van der Waals surface area contributed by atoms with Gasteiger partial charge in [0, 0.05) is 17.7 Å². The van der Waals surface area contributed by atoms with Gasteiger partial charge in [0.15, 0.2) is 4.80 Å². The van der Waals surface area contributed by atoms with Gasteiger partial charge in [0.2, 0.25) is 0 Å². The molecule has 0 N–H and O–H groups in total. The molecule has 3 heterocycles. The fraction of sp³-hybridized carbons (Fsp3) is 0.258. The Labute approximate surface area is 250 Å². The molecule has 1 aliphatic heterocycles. The zero-order chi connectivity index (χ0) is 30.7. The van der Waals surface area contributed by atoms with Crippen molar-refractivity contribution in [2.75, 3.05) is 20.8 Å². The second kappa shape index (κ2) is 12.5. The lowest BCUT2D eigenvalue weighted by atomic mass is 9.93. The third-order valence-electron chi connectivity index (χ3n) is 6.89. The number of benzene rings is 2. The number of esters is 1.